The third-order valence-electron chi connectivity index (χ3n) is 4.53. The predicted molar refractivity (Wildman–Crippen MR) is 109 cm³/mol. The number of hydrogen-bond donors (Lipinski definition) is 1. The Hall–Kier alpha value is -1.76. The molecule has 0 aliphatic carbocycles. The van der Waals surface area contributed by atoms with Crippen LogP contribution in [0.1, 0.15) is 35.3 Å². The Morgan fingerprint density at radius 2 is 2.26 bits per heavy atom. The molecule has 1 atom stereocenters. The van der Waals surface area contributed by atoms with E-state index in [0.717, 1.165) is 47.3 Å². The van der Waals surface area contributed by atoms with Crippen molar-refractivity contribution in [2.75, 3.05) is 26.4 Å². The normalized spacial score (nSPS) is 16.4. The number of aryl methyl sites for hydroxylation is 1. The van der Waals surface area contributed by atoms with Crippen LogP contribution in [0.5, 0.6) is 0 Å². The maximum atomic E-state index is 12.4. The molecule has 1 aliphatic rings. The van der Waals surface area contributed by atoms with Gasteiger partial charge in [0.1, 0.15) is 0 Å². The zero-order valence-electron chi connectivity index (χ0n) is 15.5. The molecule has 0 bridgehead atoms. The molecule has 3 rings (SSSR count). The van der Waals surface area contributed by atoms with Crippen molar-refractivity contribution < 1.29 is 14.3 Å². The molecular formula is C21H25BrN2O3. The fourth-order valence-corrected chi connectivity index (χ4v) is 3.47. The van der Waals surface area contributed by atoms with Crippen molar-refractivity contribution in [1.29, 1.82) is 0 Å². The Bertz CT molecular complexity index is 776. The second-order valence-electron chi connectivity index (χ2n) is 6.66. The Morgan fingerprint density at radius 1 is 1.37 bits per heavy atom. The van der Waals surface area contributed by atoms with Gasteiger partial charge in [-0.2, -0.15) is 0 Å². The first-order valence-electron chi connectivity index (χ1n) is 9.34. The lowest BCUT2D eigenvalue weighted by Crippen LogP contribution is -2.26. The molecule has 1 aromatic heterocycles. The van der Waals surface area contributed by atoms with E-state index in [4.69, 9.17) is 9.47 Å². The second-order valence-corrected chi connectivity index (χ2v) is 7.57. The Morgan fingerprint density at radius 3 is 3.00 bits per heavy atom. The number of ether oxygens (including phenoxy) is 2. The lowest BCUT2D eigenvalue weighted by atomic mass is 10.1. The first-order valence-corrected chi connectivity index (χ1v) is 10.1. The van der Waals surface area contributed by atoms with Crippen LogP contribution in [0.2, 0.25) is 0 Å². The fraction of sp³-hybridized carbons (Fsp3) is 0.429. The van der Waals surface area contributed by atoms with Crippen molar-refractivity contribution in [2.45, 2.75) is 32.3 Å². The van der Waals surface area contributed by atoms with Crippen LogP contribution in [0.15, 0.2) is 40.9 Å². The van der Waals surface area contributed by atoms with Crippen LogP contribution in [0, 0.1) is 6.92 Å². The van der Waals surface area contributed by atoms with Gasteiger partial charge >= 0.3 is 0 Å². The number of aromatic nitrogens is 1. The van der Waals surface area contributed by atoms with Gasteiger partial charge in [-0.15, -0.1) is 0 Å². The third-order valence-corrected chi connectivity index (χ3v) is 5.02. The molecule has 1 aliphatic heterocycles. The first kappa shape index (κ1) is 20.0. The number of benzene rings is 1. The molecule has 0 spiro atoms. The molecule has 5 nitrogen and oxygen atoms in total. The summed E-state index contributed by atoms with van der Waals surface area (Å²) in [6.45, 7) is 4.56. The second kappa shape index (κ2) is 9.97. The number of hydrogen-bond acceptors (Lipinski definition) is 4. The van der Waals surface area contributed by atoms with Gasteiger partial charge in [-0.3, -0.25) is 9.78 Å². The molecular weight excluding hydrogens is 408 g/mol. The SMILES string of the molecule is Cc1nc(-c2cccc(Br)c2)ccc1C(=O)NCCCOCC1CCCO1. The quantitative estimate of drug-likeness (QED) is 0.636. The molecule has 144 valence electrons. The summed E-state index contributed by atoms with van der Waals surface area (Å²) in [5.41, 5.74) is 3.20. The van der Waals surface area contributed by atoms with Crippen LogP contribution in [-0.2, 0) is 9.47 Å². The van der Waals surface area contributed by atoms with E-state index >= 15 is 0 Å². The fourth-order valence-electron chi connectivity index (χ4n) is 3.07. The molecule has 1 amide bonds. The van der Waals surface area contributed by atoms with E-state index in [9.17, 15) is 4.79 Å². The van der Waals surface area contributed by atoms with E-state index in [-0.39, 0.29) is 12.0 Å². The van der Waals surface area contributed by atoms with Crippen molar-refractivity contribution >= 4 is 21.8 Å². The van der Waals surface area contributed by atoms with E-state index in [1.165, 1.54) is 0 Å². The van der Waals surface area contributed by atoms with Crippen LogP contribution < -0.4 is 5.32 Å². The van der Waals surface area contributed by atoms with Gasteiger partial charge in [0.25, 0.3) is 5.91 Å². The number of nitrogens with one attached hydrogen (secondary N) is 1. The standard InChI is InChI=1S/C21H25BrN2O3/c1-15-19(8-9-20(24-15)16-5-2-6-17(22)13-16)21(25)23-10-4-11-26-14-18-7-3-12-27-18/h2,5-6,8-9,13,18H,3-4,7,10-12,14H2,1H3,(H,23,25). The smallest absolute Gasteiger partial charge is 0.253 e. The van der Waals surface area contributed by atoms with Crippen molar-refractivity contribution in [2.24, 2.45) is 0 Å². The van der Waals surface area contributed by atoms with E-state index in [1.54, 1.807) is 0 Å². The summed E-state index contributed by atoms with van der Waals surface area (Å²) in [6.07, 6.45) is 3.23. The molecule has 0 radical (unpaired) electrons. The summed E-state index contributed by atoms with van der Waals surface area (Å²) in [4.78, 5) is 17.0. The molecule has 1 N–H and O–H groups in total. The van der Waals surface area contributed by atoms with Crippen LogP contribution in [0.3, 0.4) is 0 Å². The molecule has 0 saturated carbocycles. The van der Waals surface area contributed by atoms with Crippen LogP contribution in [0.25, 0.3) is 11.3 Å². The van der Waals surface area contributed by atoms with Crippen LogP contribution in [-0.4, -0.2) is 43.4 Å². The highest BCUT2D eigenvalue weighted by molar-refractivity contribution is 9.10. The van der Waals surface area contributed by atoms with E-state index < -0.39 is 0 Å². The number of amides is 1. The van der Waals surface area contributed by atoms with Gasteiger partial charge in [0.05, 0.1) is 29.7 Å². The summed E-state index contributed by atoms with van der Waals surface area (Å²) in [7, 11) is 0. The minimum absolute atomic E-state index is 0.0973. The summed E-state index contributed by atoms with van der Waals surface area (Å²) in [5.74, 6) is -0.0973. The molecule has 6 heteroatoms. The van der Waals surface area contributed by atoms with E-state index in [2.05, 4.69) is 26.2 Å². The zero-order valence-corrected chi connectivity index (χ0v) is 17.1. The Balaban J connectivity index is 1.45. The molecule has 27 heavy (non-hydrogen) atoms. The molecule has 2 heterocycles. The lowest BCUT2D eigenvalue weighted by Gasteiger charge is -2.11. The van der Waals surface area contributed by atoms with Gasteiger partial charge in [-0.25, -0.2) is 0 Å². The third kappa shape index (κ3) is 5.86. The van der Waals surface area contributed by atoms with Gasteiger partial charge in [-0.1, -0.05) is 28.1 Å². The largest absolute Gasteiger partial charge is 0.379 e. The van der Waals surface area contributed by atoms with Gasteiger partial charge in [0, 0.05) is 29.8 Å². The van der Waals surface area contributed by atoms with Crippen molar-refractivity contribution in [3.8, 4) is 11.3 Å². The number of rotatable bonds is 8. The maximum Gasteiger partial charge on any atom is 0.253 e. The Labute approximate surface area is 168 Å². The summed E-state index contributed by atoms with van der Waals surface area (Å²) >= 11 is 3.47. The highest BCUT2D eigenvalue weighted by Crippen LogP contribution is 2.22. The summed E-state index contributed by atoms with van der Waals surface area (Å²) in [6, 6.07) is 11.7. The van der Waals surface area contributed by atoms with Gasteiger partial charge in [0.2, 0.25) is 0 Å². The predicted octanol–water partition coefficient (Wildman–Crippen LogP) is 4.14. The van der Waals surface area contributed by atoms with Crippen molar-refractivity contribution in [1.82, 2.24) is 10.3 Å². The molecule has 1 saturated heterocycles. The average Bonchev–Trinajstić information content (AvgIpc) is 3.17. The number of halogens is 1. The monoisotopic (exact) mass is 432 g/mol. The number of nitrogens with zero attached hydrogens (tertiary/aromatic N) is 1. The maximum absolute atomic E-state index is 12.4. The van der Waals surface area contributed by atoms with Crippen molar-refractivity contribution in [3.05, 3.63) is 52.1 Å². The topological polar surface area (TPSA) is 60.5 Å². The molecule has 1 aromatic carbocycles. The minimum Gasteiger partial charge on any atom is -0.379 e. The van der Waals surface area contributed by atoms with Crippen LogP contribution in [0.4, 0.5) is 0 Å². The van der Waals surface area contributed by atoms with Gasteiger partial charge in [0.15, 0.2) is 0 Å². The van der Waals surface area contributed by atoms with E-state index in [1.807, 2.05) is 43.3 Å². The Kier molecular flexibility index (Phi) is 7.38. The number of carbonyl (C=O) groups excluding carboxylic acids is 1. The highest BCUT2D eigenvalue weighted by Gasteiger charge is 2.15. The first-order chi connectivity index (χ1) is 13.1. The summed E-state index contributed by atoms with van der Waals surface area (Å²) < 4.78 is 12.1. The van der Waals surface area contributed by atoms with Crippen LogP contribution >= 0.6 is 15.9 Å². The highest BCUT2D eigenvalue weighted by atomic mass is 79.9. The number of carbonyl (C=O) groups is 1. The number of pyridine rings is 1. The molecule has 1 unspecified atom stereocenters. The molecule has 1 fully saturated rings. The average molecular weight is 433 g/mol. The zero-order chi connectivity index (χ0) is 19.1. The van der Waals surface area contributed by atoms with E-state index in [0.29, 0.717) is 25.3 Å². The minimum atomic E-state index is -0.0973. The lowest BCUT2D eigenvalue weighted by molar-refractivity contribution is 0.0166. The summed E-state index contributed by atoms with van der Waals surface area (Å²) in [5, 5.41) is 2.94. The van der Waals surface area contributed by atoms with Gasteiger partial charge in [-0.05, 0) is 50.5 Å². The van der Waals surface area contributed by atoms with Gasteiger partial charge < -0.3 is 14.8 Å². The van der Waals surface area contributed by atoms with Crippen molar-refractivity contribution in [3.63, 3.8) is 0 Å². The molecule has 2 aromatic rings.